The molecule has 8 nitrogen and oxygen atoms in total. The van der Waals surface area contributed by atoms with Gasteiger partial charge in [0.2, 0.25) is 0 Å². The van der Waals surface area contributed by atoms with Crippen LogP contribution in [-0.4, -0.2) is 49.4 Å². The Morgan fingerprint density at radius 3 is 2.88 bits per heavy atom. The van der Waals surface area contributed by atoms with E-state index in [4.69, 9.17) is 28.9 Å². The zero-order chi connectivity index (χ0) is 23.2. The molecular weight excluding hydrogens is 481 g/mol. The van der Waals surface area contributed by atoms with Gasteiger partial charge in [0.05, 0.1) is 27.6 Å². The molecule has 1 aliphatic rings. The van der Waals surface area contributed by atoms with Gasteiger partial charge in [-0.15, -0.1) is 11.8 Å². The van der Waals surface area contributed by atoms with Crippen LogP contribution in [0.1, 0.15) is 29.1 Å². The van der Waals surface area contributed by atoms with E-state index < -0.39 is 4.87 Å². The van der Waals surface area contributed by atoms with E-state index in [1.165, 1.54) is 18.1 Å². The van der Waals surface area contributed by atoms with Crippen LogP contribution in [0.4, 0.5) is 5.82 Å². The Morgan fingerprint density at radius 1 is 1.27 bits per heavy atom. The molecule has 33 heavy (non-hydrogen) atoms. The van der Waals surface area contributed by atoms with Crippen LogP contribution in [0.3, 0.4) is 0 Å². The number of imidazole rings is 1. The van der Waals surface area contributed by atoms with Gasteiger partial charge in [-0.3, -0.25) is 10.1 Å². The predicted octanol–water partition coefficient (Wildman–Crippen LogP) is 4.16. The molecule has 3 heterocycles. The van der Waals surface area contributed by atoms with Gasteiger partial charge in [-0.25, -0.2) is 15.0 Å². The van der Waals surface area contributed by atoms with Crippen LogP contribution >= 0.6 is 35.0 Å². The van der Waals surface area contributed by atoms with E-state index in [1.54, 1.807) is 12.1 Å². The van der Waals surface area contributed by atoms with Gasteiger partial charge in [-0.2, -0.15) is 0 Å². The Hall–Kier alpha value is -2.43. The highest BCUT2D eigenvalue weighted by molar-refractivity contribution is 8.01. The van der Waals surface area contributed by atoms with Crippen LogP contribution in [-0.2, 0) is 0 Å². The number of anilines is 1. The number of carbonyl (C=O) groups is 1. The van der Waals surface area contributed by atoms with E-state index in [0.717, 1.165) is 29.2 Å². The Balaban J connectivity index is 1.48. The number of nitrogens with two attached hydrogens (primary N) is 1. The number of fused-ring (bicyclic) bond motifs is 2. The number of Topliss-reactive ketones (excluding diaryl/α,β-unsaturated/α-hetero) is 1. The normalized spacial score (nSPS) is 19.3. The standard InChI is InChI=1S/C22H21Cl2N7OS/c1-11(20-30-16-3-2-12(23)6-18(16)31-20)29-21-14-7-15(24)13(8-17(14)26-10-27-21)19(32)22(9-25)28-4-5-33-22/h2-3,6-8,10-11,28H,4-5,9,25H2,1H3,(H,30,31)(H,26,27,29)/t11-,22+/m0/s1. The molecule has 1 fully saturated rings. The molecular formula is C22H21Cl2N7OS. The van der Waals surface area contributed by atoms with E-state index >= 15 is 0 Å². The van der Waals surface area contributed by atoms with Gasteiger partial charge in [0.1, 0.15) is 22.8 Å². The highest BCUT2D eigenvalue weighted by Gasteiger charge is 2.42. The van der Waals surface area contributed by atoms with Crippen molar-refractivity contribution in [1.29, 1.82) is 0 Å². The lowest BCUT2D eigenvalue weighted by Gasteiger charge is -2.25. The lowest BCUT2D eigenvalue weighted by molar-refractivity contribution is 0.0933. The number of nitrogens with one attached hydrogen (secondary N) is 3. The summed E-state index contributed by atoms with van der Waals surface area (Å²) in [6.07, 6.45) is 1.46. The molecule has 2 aromatic heterocycles. The molecule has 0 spiro atoms. The maximum Gasteiger partial charge on any atom is 0.195 e. The summed E-state index contributed by atoms with van der Waals surface area (Å²) in [6.45, 7) is 2.88. The number of aromatic nitrogens is 4. The Morgan fingerprint density at radius 2 is 2.12 bits per heavy atom. The van der Waals surface area contributed by atoms with Gasteiger partial charge in [0.25, 0.3) is 0 Å². The highest BCUT2D eigenvalue weighted by atomic mass is 35.5. The molecule has 0 bridgehead atoms. The van der Waals surface area contributed by atoms with Gasteiger partial charge in [0.15, 0.2) is 5.78 Å². The molecule has 0 saturated carbocycles. The maximum atomic E-state index is 13.3. The second-order valence-electron chi connectivity index (χ2n) is 7.86. The summed E-state index contributed by atoms with van der Waals surface area (Å²) in [5, 5.41) is 8.27. The van der Waals surface area contributed by atoms with Crippen molar-refractivity contribution in [3.8, 4) is 0 Å². The van der Waals surface area contributed by atoms with E-state index in [2.05, 4.69) is 30.6 Å². The maximum absolute atomic E-state index is 13.3. The average molecular weight is 502 g/mol. The summed E-state index contributed by atoms with van der Waals surface area (Å²) < 4.78 is 0. The minimum Gasteiger partial charge on any atom is -0.360 e. The Kier molecular flexibility index (Phi) is 5.92. The number of carbonyl (C=O) groups excluding carboxylic acids is 1. The van der Waals surface area contributed by atoms with Crippen LogP contribution < -0.4 is 16.4 Å². The van der Waals surface area contributed by atoms with Crippen molar-refractivity contribution in [1.82, 2.24) is 25.3 Å². The third-order valence-corrected chi connectivity index (χ3v) is 7.66. The largest absolute Gasteiger partial charge is 0.360 e. The zero-order valence-electron chi connectivity index (χ0n) is 17.7. The van der Waals surface area contributed by atoms with E-state index in [9.17, 15) is 4.79 Å². The van der Waals surface area contributed by atoms with Crippen LogP contribution in [0.5, 0.6) is 0 Å². The van der Waals surface area contributed by atoms with Crippen LogP contribution in [0.15, 0.2) is 36.7 Å². The first-order valence-electron chi connectivity index (χ1n) is 10.4. The van der Waals surface area contributed by atoms with Crippen molar-refractivity contribution in [2.24, 2.45) is 5.73 Å². The molecule has 2 atom stereocenters. The molecule has 5 N–H and O–H groups in total. The first-order valence-corrected chi connectivity index (χ1v) is 12.1. The number of rotatable bonds is 6. The topological polar surface area (TPSA) is 122 Å². The average Bonchev–Trinajstić information content (AvgIpc) is 3.46. The van der Waals surface area contributed by atoms with Crippen molar-refractivity contribution in [2.75, 3.05) is 24.2 Å². The smallest absolute Gasteiger partial charge is 0.195 e. The fourth-order valence-corrected chi connectivity index (χ4v) is 5.49. The van der Waals surface area contributed by atoms with Crippen LogP contribution in [0.2, 0.25) is 10.0 Å². The van der Waals surface area contributed by atoms with Crippen LogP contribution in [0.25, 0.3) is 21.9 Å². The van der Waals surface area contributed by atoms with Gasteiger partial charge in [0, 0.05) is 34.8 Å². The number of aromatic amines is 1. The molecule has 0 unspecified atom stereocenters. The molecule has 170 valence electrons. The van der Waals surface area contributed by atoms with Gasteiger partial charge in [-0.05, 0) is 37.3 Å². The monoisotopic (exact) mass is 501 g/mol. The molecule has 1 saturated heterocycles. The molecule has 0 radical (unpaired) electrons. The first kappa shape index (κ1) is 22.4. The third-order valence-electron chi connectivity index (χ3n) is 5.71. The van der Waals surface area contributed by atoms with Gasteiger partial charge >= 0.3 is 0 Å². The second kappa shape index (κ2) is 8.73. The number of hydrogen-bond acceptors (Lipinski definition) is 8. The minimum absolute atomic E-state index is 0.137. The number of benzene rings is 2. The first-order chi connectivity index (χ1) is 15.9. The van der Waals surface area contributed by atoms with Gasteiger partial charge < -0.3 is 16.0 Å². The van der Waals surface area contributed by atoms with Crippen molar-refractivity contribution in [3.63, 3.8) is 0 Å². The number of H-pyrrole nitrogens is 1. The van der Waals surface area contributed by atoms with Gasteiger partial charge in [-0.1, -0.05) is 23.2 Å². The lowest BCUT2D eigenvalue weighted by Crippen LogP contribution is -2.51. The van der Waals surface area contributed by atoms with Crippen molar-refractivity contribution >= 4 is 68.5 Å². The highest BCUT2D eigenvalue weighted by Crippen LogP contribution is 2.35. The summed E-state index contributed by atoms with van der Waals surface area (Å²) in [5.41, 5.74) is 8.63. The number of hydrogen-bond donors (Lipinski definition) is 4. The van der Waals surface area contributed by atoms with E-state index in [1.807, 2.05) is 25.1 Å². The fourth-order valence-electron chi connectivity index (χ4n) is 3.96. The Labute approximate surface area is 204 Å². The second-order valence-corrected chi connectivity index (χ2v) is 10.1. The van der Waals surface area contributed by atoms with E-state index in [-0.39, 0.29) is 18.4 Å². The molecule has 5 rings (SSSR count). The third kappa shape index (κ3) is 4.04. The van der Waals surface area contributed by atoms with Crippen molar-refractivity contribution < 1.29 is 4.79 Å². The number of halogens is 2. The summed E-state index contributed by atoms with van der Waals surface area (Å²) in [4.78, 5) is 29.1. The zero-order valence-corrected chi connectivity index (χ0v) is 20.0. The number of ketones is 1. The summed E-state index contributed by atoms with van der Waals surface area (Å²) in [5.74, 6) is 2.01. The predicted molar refractivity (Wildman–Crippen MR) is 134 cm³/mol. The quantitative estimate of drug-likeness (QED) is 0.290. The SMILES string of the molecule is C[C@H](Nc1ncnc2cc(C(=O)[C@]3(CN)NCCS3)c(Cl)cc12)c1nc2cc(Cl)ccc2[nH]1. The minimum atomic E-state index is -0.857. The van der Waals surface area contributed by atoms with Crippen molar-refractivity contribution in [3.05, 3.63) is 58.1 Å². The number of nitrogens with zero attached hydrogens (tertiary/aromatic N) is 3. The molecule has 0 aliphatic carbocycles. The fraction of sp³-hybridized carbons (Fsp3) is 0.273. The molecule has 11 heteroatoms. The lowest BCUT2D eigenvalue weighted by atomic mass is 10.0. The van der Waals surface area contributed by atoms with Crippen molar-refractivity contribution in [2.45, 2.75) is 17.8 Å². The summed E-state index contributed by atoms with van der Waals surface area (Å²) in [6, 6.07) is 8.77. The number of thioether (sulfide) groups is 1. The molecule has 2 aromatic carbocycles. The van der Waals surface area contributed by atoms with E-state index in [0.29, 0.717) is 32.3 Å². The van der Waals surface area contributed by atoms with Crippen LogP contribution in [0, 0.1) is 0 Å². The molecule has 4 aromatic rings. The molecule has 1 aliphatic heterocycles. The summed E-state index contributed by atoms with van der Waals surface area (Å²) >= 11 is 14.2. The Bertz CT molecular complexity index is 1370. The molecule has 0 amide bonds. The summed E-state index contributed by atoms with van der Waals surface area (Å²) in [7, 11) is 0.